The van der Waals surface area contributed by atoms with Crippen molar-refractivity contribution in [3.63, 3.8) is 0 Å². The lowest BCUT2D eigenvalue weighted by Gasteiger charge is -2.35. The third kappa shape index (κ3) is 5.68. The summed E-state index contributed by atoms with van der Waals surface area (Å²) in [7, 11) is 1.73. The minimum absolute atomic E-state index is 0.193. The number of ether oxygens (including phenoxy) is 1. The average molecular weight is 561 g/mol. The zero-order valence-corrected chi connectivity index (χ0v) is 23.6. The molecule has 216 valence electrons. The van der Waals surface area contributed by atoms with E-state index >= 15 is 0 Å². The molecule has 2 N–H and O–H groups in total. The van der Waals surface area contributed by atoms with E-state index in [1.54, 1.807) is 24.5 Å². The first-order valence-corrected chi connectivity index (χ1v) is 14.1. The first-order valence-electron chi connectivity index (χ1n) is 14.1. The number of hydroxylamine groups is 1. The standard InChI is InChI=1S/C28H36N10O3/c1-3-35-9-11-36(12-10-35)22-6-4-5-21(17-22)34(2)28(39)41-38-8-7-23-24(20-18-30-26(29)31-19-20)32-27(33-25(23)38)37-13-15-40-16-14-37/h4-6,17-19H,3,7-16H2,1-2H3,(H2,29,30,31). The molecular formula is C28H36N10O3. The van der Waals surface area contributed by atoms with Gasteiger partial charge in [0.1, 0.15) is 0 Å². The Bertz CT molecular complexity index is 1370. The van der Waals surface area contributed by atoms with Gasteiger partial charge in [0.25, 0.3) is 0 Å². The summed E-state index contributed by atoms with van der Waals surface area (Å²) in [5.74, 6) is 1.31. The van der Waals surface area contributed by atoms with Crippen molar-refractivity contribution in [1.82, 2.24) is 24.8 Å². The quantitative estimate of drug-likeness (QED) is 0.474. The second kappa shape index (κ2) is 11.7. The van der Waals surface area contributed by atoms with Gasteiger partial charge in [0.05, 0.1) is 25.5 Å². The van der Waals surface area contributed by atoms with Gasteiger partial charge in [-0.2, -0.15) is 10.0 Å². The van der Waals surface area contributed by atoms with E-state index in [4.69, 9.17) is 25.3 Å². The van der Waals surface area contributed by atoms with Gasteiger partial charge in [-0.25, -0.2) is 19.7 Å². The van der Waals surface area contributed by atoms with Gasteiger partial charge in [0, 0.05) is 81.2 Å². The van der Waals surface area contributed by atoms with Crippen LogP contribution in [0, 0.1) is 0 Å². The van der Waals surface area contributed by atoms with Crippen LogP contribution >= 0.6 is 0 Å². The lowest BCUT2D eigenvalue weighted by Crippen LogP contribution is -2.46. The molecule has 2 saturated heterocycles. The maximum atomic E-state index is 13.4. The summed E-state index contributed by atoms with van der Waals surface area (Å²) >= 11 is 0. The Labute approximate surface area is 239 Å². The van der Waals surface area contributed by atoms with Gasteiger partial charge in [-0.15, -0.1) is 0 Å². The zero-order chi connectivity index (χ0) is 28.3. The molecule has 2 aromatic heterocycles. The number of carbonyl (C=O) groups excluding carboxylic acids is 1. The Morgan fingerprint density at radius 3 is 2.51 bits per heavy atom. The number of benzene rings is 1. The molecule has 0 radical (unpaired) electrons. The minimum atomic E-state index is -0.491. The number of likely N-dealkylation sites (N-methyl/N-ethyl adjacent to an activating group) is 1. The topological polar surface area (TPSA) is 129 Å². The van der Waals surface area contributed by atoms with Crippen molar-refractivity contribution >= 4 is 35.2 Å². The van der Waals surface area contributed by atoms with Crippen LogP contribution in [0.3, 0.4) is 0 Å². The van der Waals surface area contributed by atoms with E-state index in [-0.39, 0.29) is 5.95 Å². The van der Waals surface area contributed by atoms with Crippen LogP contribution in [0.2, 0.25) is 0 Å². The Balaban J connectivity index is 1.23. The fraction of sp³-hybridized carbons (Fsp3) is 0.464. The van der Waals surface area contributed by atoms with E-state index in [0.29, 0.717) is 56.7 Å². The Hall–Kier alpha value is -4.23. The predicted octanol–water partition coefficient (Wildman–Crippen LogP) is 2.04. The number of piperazine rings is 1. The monoisotopic (exact) mass is 560 g/mol. The molecule has 3 aliphatic rings. The number of fused-ring (bicyclic) bond motifs is 1. The molecule has 2 fully saturated rings. The van der Waals surface area contributed by atoms with E-state index in [1.807, 2.05) is 18.2 Å². The van der Waals surface area contributed by atoms with Crippen LogP contribution in [0.25, 0.3) is 11.3 Å². The van der Waals surface area contributed by atoms with Crippen molar-refractivity contribution in [2.75, 3.05) is 98.1 Å². The molecule has 0 unspecified atom stereocenters. The Morgan fingerprint density at radius 1 is 1.02 bits per heavy atom. The molecule has 1 aromatic carbocycles. The highest BCUT2D eigenvalue weighted by Gasteiger charge is 2.32. The normalized spacial score (nSPS) is 17.5. The highest BCUT2D eigenvalue weighted by Crippen LogP contribution is 2.36. The van der Waals surface area contributed by atoms with Crippen molar-refractivity contribution in [3.05, 3.63) is 42.2 Å². The molecule has 1 amide bonds. The second-order valence-corrected chi connectivity index (χ2v) is 10.3. The number of morpholine rings is 1. The zero-order valence-electron chi connectivity index (χ0n) is 23.6. The van der Waals surface area contributed by atoms with Gasteiger partial charge >= 0.3 is 6.09 Å². The molecule has 0 bridgehead atoms. The number of nitrogens with zero attached hydrogens (tertiary/aromatic N) is 9. The number of amides is 1. The van der Waals surface area contributed by atoms with Crippen molar-refractivity contribution in [3.8, 4) is 11.3 Å². The molecule has 0 atom stereocenters. The Kier molecular flexibility index (Phi) is 7.70. The first kappa shape index (κ1) is 27.0. The van der Waals surface area contributed by atoms with Crippen LogP contribution in [0.15, 0.2) is 36.7 Å². The van der Waals surface area contributed by atoms with Crippen LogP contribution in [0.4, 0.5) is 33.9 Å². The van der Waals surface area contributed by atoms with Crippen molar-refractivity contribution in [1.29, 1.82) is 0 Å². The fourth-order valence-corrected chi connectivity index (χ4v) is 5.39. The maximum Gasteiger partial charge on any atom is 0.438 e. The first-order chi connectivity index (χ1) is 20.0. The van der Waals surface area contributed by atoms with E-state index in [9.17, 15) is 4.79 Å². The van der Waals surface area contributed by atoms with Crippen molar-refractivity contribution < 1.29 is 14.4 Å². The third-order valence-electron chi connectivity index (χ3n) is 7.88. The van der Waals surface area contributed by atoms with Gasteiger partial charge in [-0.3, -0.25) is 4.90 Å². The number of nitrogen functional groups attached to an aromatic ring is 1. The predicted molar refractivity (Wildman–Crippen MR) is 157 cm³/mol. The average Bonchev–Trinajstić information content (AvgIpc) is 3.43. The summed E-state index contributed by atoms with van der Waals surface area (Å²) in [6, 6.07) is 8.03. The number of nitrogens with two attached hydrogens (primary N) is 1. The molecule has 0 spiro atoms. The molecule has 0 saturated carbocycles. The summed E-state index contributed by atoms with van der Waals surface area (Å²) in [6.07, 6.45) is 3.43. The van der Waals surface area contributed by atoms with E-state index in [1.165, 1.54) is 4.90 Å². The SMILES string of the molecule is CCN1CCN(c2cccc(N(C)C(=O)ON3CCc4c(-c5cnc(N)nc5)nc(N5CCOCC5)nc43)c2)CC1. The van der Waals surface area contributed by atoms with Gasteiger partial charge in [0.2, 0.25) is 11.9 Å². The second-order valence-electron chi connectivity index (χ2n) is 10.3. The van der Waals surface area contributed by atoms with Gasteiger partial charge in [0.15, 0.2) is 5.82 Å². The van der Waals surface area contributed by atoms with Crippen LogP contribution in [0.1, 0.15) is 12.5 Å². The summed E-state index contributed by atoms with van der Waals surface area (Å²) in [5.41, 5.74) is 9.91. The summed E-state index contributed by atoms with van der Waals surface area (Å²) in [4.78, 5) is 45.8. The number of anilines is 5. The van der Waals surface area contributed by atoms with Crippen LogP contribution in [0.5, 0.6) is 0 Å². The lowest BCUT2D eigenvalue weighted by molar-refractivity contribution is 0.122. The molecule has 41 heavy (non-hydrogen) atoms. The molecule has 3 aliphatic heterocycles. The number of carbonyl (C=O) groups is 1. The third-order valence-corrected chi connectivity index (χ3v) is 7.88. The minimum Gasteiger partial charge on any atom is -0.378 e. The number of hydrogen-bond donors (Lipinski definition) is 1. The molecule has 3 aromatic rings. The number of rotatable bonds is 6. The molecule has 6 rings (SSSR count). The number of hydrogen-bond acceptors (Lipinski definition) is 12. The summed E-state index contributed by atoms with van der Waals surface area (Å²) in [5, 5.41) is 1.56. The molecule has 13 heteroatoms. The van der Waals surface area contributed by atoms with Gasteiger partial charge in [-0.05, 0) is 31.2 Å². The highest BCUT2D eigenvalue weighted by atomic mass is 16.7. The van der Waals surface area contributed by atoms with Crippen LogP contribution in [-0.2, 0) is 16.0 Å². The summed E-state index contributed by atoms with van der Waals surface area (Å²) < 4.78 is 5.52. The number of aromatic nitrogens is 4. The van der Waals surface area contributed by atoms with E-state index in [0.717, 1.165) is 55.2 Å². The molecule has 13 nitrogen and oxygen atoms in total. The molecule has 0 aliphatic carbocycles. The van der Waals surface area contributed by atoms with Gasteiger partial charge in [-0.1, -0.05) is 13.0 Å². The van der Waals surface area contributed by atoms with E-state index in [2.05, 4.69) is 37.7 Å². The molecular weight excluding hydrogens is 524 g/mol. The lowest BCUT2D eigenvalue weighted by atomic mass is 10.1. The van der Waals surface area contributed by atoms with Crippen molar-refractivity contribution in [2.45, 2.75) is 13.3 Å². The highest BCUT2D eigenvalue weighted by molar-refractivity contribution is 5.88. The van der Waals surface area contributed by atoms with Crippen molar-refractivity contribution in [2.24, 2.45) is 0 Å². The van der Waals surface area contributed by atoms with Gasteiger partial charge < -0.3 is 30.0 Å². The van der Waals surface area contributed by atoms with E-state index < -0.39 is 6.09 Å². The largest absolute Gasteiger partial charge is 0.438 e. The fourth-order valence-electron chi connectivity index (χ4n) is 5.39. The summed E-state index contributed by atoms with van der Waals surface area (Å²) in [6.45, 7) is 10.2. The maximum absolute atomic E-state index is 13.4. The van der Waals surface area contributed by atoms with Crippen LogP contribution < -0.4 is 25.5 Å². The smallest absolute Gasteiger partial charge is 0.378 e. The van der Waals surface area contributed by atoms with Crippen LogP contribution in [-0.4, -0.2) is 104 Å². The molecule has 5 heterocycles. The Morgan fingerprint density at radius 2 is 1.78 bits per heavy atom.